The second kappa shape index (κ2) is 4.14. The minimum atomic E-state index is -1.07. The maximum absolute atomic E-state index is 10.9. The molecule has 0 aliphatic carbocycles. The topological polar surface area (TPSA) is 75.1 Å². The molecule has 0 atom stereocenters. The Labute approximate surface area is 96.1 Å². The Bertz CT molecular complexity index is 393. The number of nitrogens with one attached hydrogen (secondary N) is 1. The van der Waals surface area contributed by atoms with Crippen molar-refractivity contribution >= 4 is 27.7 Å². The quantitative estimate of drug-likeness (QED) is 0.879. The van der Waals surface area contributed by atoms with Gasteiger partial charge in [-0.05, 0) is 36.7 Å². The van der Waals surface area contributed by atoms with Crippen molar-refractivity contribution in [1.29, 1.82) is 0 Å². The van der Waals surface area contributed by atoms with E-state index in [1.54, 1.807) is 27.0 Å². The third-order valence-corrected chi connectivity index (χ3v) is 2.41. The van der Waals surface area contributed by atoms with Crippen molar-refractivity contribution in [1.82, 2.24) is 9.97 Å². The van der Waals surface area contributed by atoms with E-state index in [-0.39, 0.29) is 0 Å². The van der Waals surface area contributed by atoms with Crippen molar-refractivity contribution in [2.45, 2.75) is 26.3 Å². The molecule has 0 aromatic carbocycles. The molecule has 6 heteroatoms. The highest BCUT2D eigenvalue weighted by molar-refractivity contribution is 9.10. The van der Waals surface area contributed by atoms with Gasteiger partial charge in [-0.2, -0.15) is 0 Å². The maximum atomic E-state index is 10.9. The second-order valence-corrected chi connectivity index (χ2v) is 4.52. The lowest BCUT2D eigenvalue weighted by molar-refractivity contribution is -0.141. The van der Waals surface area contributed by atoms with Crippen molar-refractivity contribution in [3.05, 3.63) is 16.5 Å². The molecule has 1 aromatic heterocycles. The number of halogens is 1. The molecule has 0 bridgehead atoms. The summed E-state index contributed by atoms with van der Waals surface area (Å²) in [5.41, 5.74) is -1.07. The summed E-state index contributed by atoms with van der Waals surface area (Å²) < 4.78 is 0.641. The van der Waals surface area contributed by atoms with E-state index in [4.69, 9.17) is 5.11 Å². The molecule has 0 aliphatic rings. The van der Waals surface area contributed by atoms with Gasteiger partial charge in [0.05, 0.1) is 4.47 Å². The first-order valence-corrected chi connectivity index (χ1v) is 5.13. The highest BCUT2D eigenvalue weighted by Crippen LogP contribution is 2.22. The molecule has 1 aromatic rings. The first-order chi connectivity index (χ1) is 6.83. The molecular weight excluding hydrogens is 262 g/mol. The first kappa shape index (κ1) is 11.9. The molecule has 2 N–H and O–H groups in total. The minimum Gasteiger partial charge on any atom is -0.480 e. The number of carboxylic acid groups (broad SMARTS) is 1. The van der Waals surface area contributed by atoms with Gasteiger partial charge in [0.2, 0.25) is 0 Å². The number of carboxylic acids is 1. The van der Waals surface area contributed by atoms with Crippen LogP contribution in [-0.4, -0.2) is 26.6 Å². The van der Waals surface area contributed by atoms with Crippen molar-refractivity contribution in [3.63, 3.8) is 0 Å². The number of nitrogens with zero attached hydrogens (tertiary/aromatic N) is 2. The van der Waals surface area contributed by atoms with Crippen LogP contribution in [0.1, 0.15) is 19.7 Å². The average molecular weight is 274 g/mol. The van der Waals surface area contributed by atoms with Crippen LogP contribution in [0.3, 0.4) is 0 Å². The van der Waals surface area contributed by atoms with Crippen molar-refractivity contribution < 1.29 is 9.90 Å². The number of aryl methyl sites for hydroxylation is 1. The van der Waals surface area contributed by atoms with E-state index in [9.17, 15) is 4.79 Å². The van der Waals surface area contributed by atoms with Gasteiger partial charge in [-0.25, -0.2) is 14.8 Å². The summed E-state index contributed by atoms with van der Waals surface area (Å²) in [6.45, 7) is 4.88. The third-order valence-electron chi connectivity index (χ3n) is 1.83. The van der Waals surface area contributed by atoms with Gasteiger partial charge in [0, 0.05) is 6.20 Å². The summed E-state index contributed by atoms with van der Waals surface area (Å²) in [7, 11) is 0. The van der Waals surface area contributed by atoms with Gasteiger partial charge in [-0.1, -0.05) is 0 Å². The molecule has 0 amide bonds. The van der Waals surface area contributed by atoms with Crippen LogP contribution in [-0.2, 0) is 4.79 Å². The summed E-state index contributed by atoms with van der Waals surface area (Å²) in [4.78, 5) is 19.0. The van der Waals surface area contributed by atoms with Crippen molar-refractivity contribution in [2.75, 3.05) is 5.32 Å². The zero-order chi connectivity index (χ0) is 11.6. The first-order valence-electron chi connectivity index (χ1n) is 4.33. The lowest BCUT2D eigenvalue weighted by Crippen LogP contribution is -2.40. The van der Waals surface area contributed by atoms with E-state index in [1.165, 1.54) is 0 Å². The van der Waals surface area contributed by atoms with E-state index >= 15 is 0 Å². The Morgan fingerprint density at radius 3 is 2.73 bits per heavy atom. The standard InChI is InChI=1S/C9H12BrN3O2/c1-5-11-4-6(10)7(12-5)13-9(2,3)8(14)15/h4H,1-3H3,(H,14,15)(H,11,12,13). The largest absolute Gasteiger partial charge is 0.480 e. The molecule has 1 rings (SSSR count). The summed E-state index contributed by atoms with van der Waals surface area (Å²) in [5.74, 6) is 0.127. The number of hydrogen-bond acceptors (Lipinski definition) is 4. The van der Waals surface area contributed by atoms with Gasteiger partial charge in [-0.3, -0.25) is 0 Å². The molecule has 5 nitrogen and oxygen atoms in total. The van der Waals surface area contributed by atoms with Gasteiger partial charge in [-0.15, -0.1) is 0 Å². The smallest absolute Gasteiger partial charge is 0.328 e. The summed E-state index contributed by atoms with van der Waals surface area (Å²) in [6, 6.07) is 0. The zero-order valence-electron chi connectivity index (χ0n) is 8.71. The van der Waals surface area contributed by atoms with Crippen LogP contribution in [0, 0.1) is 6.92 Å². The lowest BCUT2D eigenvalue weighted by Gasteiger charge is -2.22. The van der Waals surface area contributed by atoms with Crippen molar-refractivity contribution in [3.8, 4) is 0 Å². The van der Waals surface area contributed by atoms with Crippen LogP contribution in [0.4, 0.5) is 5.82 Å². The molecule has 0 saturated heterocycles. The normalized spacial score (nSPS) is 11.2. The number of aliphatic carboxylic acids is 1. The molecule has 82 valence electrons. The van der Waals surface area contributed by atoms with Gasteiger partial charge in [0.25, 0.3) is 0 Å². The average Bonchev–Trinajstić information content (AvgIpc) is 2.10. The van der Waals surface area contributed by atoms with E-state index < -0.39 is 11.5 Å². The number of rotatable bonds is 3. The number of aromatic nitrogens is 2. The van der Waals surface area contributed by atoms with Crippen LogP contribution >= 0.6 is 15.9 Å². The highest BCUT2D eigenvalue weighted by atomic mass is 79.9. The van der Waals surface area contributed by atoms with E-state index in [2.05, 4.69) is 31.2 Å². The van der Waals surface area contributed by atoms with E-state index in [0.717, 1.165) is 0 Å². The van der Waals surface area contributed by atoms with Crippen molar-refractivity contribution in [2.24, 2.45) is 0 Å². The molecule has 0 fully saturated rings. The Morgan fingerprint density at radius 1 is 1.60 bits per heavy atom. The fraction of sp³-hybridized carbons (Fsp3) is 0.444. The number of hydrogen-bond donors (Lipinski definition) is 2. The van der Waals surface area contributed by atoms with Crippen LogP contribution < -0.4 is 5.32 Å². The van der Waals surface area contributed by atoms with Gasteiger partial charge < -0.3 is 10.4 Å². The summed E-state index contributed by atoms with van der Waals surface area (Å²) >= 11 is 3.25. The predicted octanol–water partition coefficient (Wildman–Crippen LogP) is 1.82. The van der Waals surface area contributed by atoms with Crippen LogP contribution in [0.2, 0.25) is 0 Å². The molecule has 0 spiro atoms. The summed E-state index contributed by atoms with van der Waals surface area (Å²) in [5, 5.41) is 11.8. The molecule has 0 saturated carbocycles. The van der Waals surface area contributed by atoms with E-state index in [1.807, 2.05) is 0 Å². The number of anilines is 1. The third kappa shape index (κ3) is 2.89. The fourth-order valence-electron chi connectivity index (χ4n) is 0.892. The Hall–Kier alpha value is -1.17. The number of carbonyl (C=O) groups is 1. The SMILES string of the molecule is Cc1ncc(Br)c(NC(C)(C)C(=O)O)n1. The molecular formula is C9H12BrN3O2. The van der Waals surface area contributed by atoms with Gasteiger partial charge in [0.1, 0.15) is 17.2 Å². The molecule has 0 unspecified atom stereocenters. The molecule has 1 heterocycles. The maximum Gasteiger partial charge on any atom is 0.328 e. The molecule has 0 aliphatic heterocycles. The summed E-state index contributed by atoms with van der Waals surface area (Å²) in [6.07, 6.45) is 1.59. The van der Waals surface area contributed by atoms with Gasteiger partial charge in [0.15, 0.2) is 0 Å². The van der Waals surface area contributed by atoms with Crippen LogP contribution in [0.5, 0.6) is 0 Å². The van der Waals surface area contributed by atoms with E-state index in [0.29, 0.717) is 16.1 Å². The van der Waals surface area contributed by atoms with Gasteiger partial charge >= 0.3 is 5.97 Å². The Kier molecular flexibility index (Phi) is 3.28. The molecule has 0 radical (unpaired) electrons. The lowest BCUT2D eigenvalue weighted by atomic mass is 10.1. The minimum absolute atomic E-state index is 0.481. The highest BCUT2D eigenvalue weighted by Gasteiger charge is 2.27. The van der Waals surface area contributed by atoms with Crippen LogP contribution in [0.25, 0.3) is 0 Å². The van der Waals surface area contributed by atoms with Crippen LogP contribution in [0.15, 0.2) is 10.7 Å². The Balaban J connectivity index is 2.99. The Morgan fingerprint density at radius 2 is 2.20 bits per heavy atom. The predicted molar refractivity (Wildman–Crippen MR) is 59.8 cm³/mol. The second-order valence-electron chi connectivity index (χ2n) is 3.67. The monoisotopic (exact) mass is 273 g/mol. The molecule has 15 heavy (non-hydrogen) atoms. The fourth-order valence-corrected chi connectivity index (χ4v) is 1.18. The zero-order valence-corrected chi connectivity index (χ0v) is 10.3.